The molecule has 11 heteroatoms. The van der Waals surface area contributed by atoms with Crippen LogP contribution in [0.25, 0.3) is 0 Å². The van der Waals surface area contributed by atoms with Crippen molar-refractivity contribution in [3.63, 3.8) is 0 Å². The third-order valence-corrected chi connectivity index (χ3v) is 6.26. The number of halogens is 2. The Kier molecular flexibility index (Phi) is 8.14. The molecule has 0 spiro atoms. The lowest BCUT2D eigenvalue weighted by Gasteiger charge is -2.27. The molecule has 4 rings (SSSR count). The van der Waals surface area contributed by atoms with E-state index in [9.17, 15) is 0 Å². The predicted molar refractivity (Wildman–Crippen MR) is 147 cm³/mol. The molecule has 3 aromatic rings. The molecule has 2 aromatic carbocycles. The Bertz CT molecular complexity index is 1140. The zero-order chi connectivity index (χ0) is 23.2. The quantitative estimate of drug-likeness (QED) is 0.217. The molecular weight excluding hydrogens is 648 g/mol. The largest absolute Gasteiger partial charge is 0.495 e. The molecule has 1 aliphatic heterocycles. The fourth-order valence-corrected chi connectivity index (χ4v) is 5.30. The summed E-state index contributed by atoms with van der Waals surface area (Å²) in [4.78, 5) is 15.8. The number of hydrogen-bond donors (Lipinski definition) is 2. The van der Waals surface area contributed by atoms with Gasteiger partial charge >= 0.3 is 0 Å². The van der Waals surface area contributed by atoms with E-state index in [2.05, 4.69) is 80.9 Å². The maximum atomic E-state index is 5.53. The van der Waals surface area contributed by atoms with Crippen molar-refractivity contribution in [3.05, 3.63) is 54.7 Å². The number of methoxy groups -OCH3 is 1. The van der Waals surface area contributed by atoms with Crippen LogP contribution < -0.4 is 20.4 Å². The molecular formula is C22H23I2N7O2. The van der Waals surface area contributed by atoms with Crippen molar-refractivity contribution in [2.24, 2.45) is 5.10 Å². The van der Waals surface area contributed by atoms with Crippen LogP contribution in [-0.4, -0.2) is 54.6 Å². The van der Waals surface area contributed by atoms with E-state index in [1.807, 2.05) is 43.3 Å². The number of rotatable bonds is 7. The molecule has 1 fully saturated rings. The minimum absolute atomic E-state index is 0.344. The van der Waals surface area contributed by atoms with Gasteiger partial charge in [0.2, 0.25) is 17.8 Å². The van der Waals surface area contributed by atoms with Crippen LogP contribution in [0.3, 0.4) is 0 Å². The molecule has 2 heterocycles. The topological polar surface area (TPSA) is 96.8 Å². The molecule has 1 aromatic heterocycles. The Balaban J connectivity index is 1.59. The number of anilines is 4. The lowest BCUT2D eigenvalue weighted by molar-refractivity contribution is 0.122. The van der Waals surface area contributed by atoms with Gasteiger partial charge in [-0.15, -0.1) is 0 Å². The maximum absolute atomic E-state index is 5.53. The Labute approximate surface area is 219 Å². The van der Waals surface area contributed by atoms with Crippen LogP contribution in [-0.2, 0) is 4.74 Å². The lowest BCUT2D eigenvalue weighted by atomic mass is 10.2. The van der Waals surface area contributed by atoms with Crippen molar-refractivity contribution in [2.75, 3.05) is 49.1 Å². The average Bonchev–Trinajstić information content (AvgIpc) is 2.81. The summed E-state index contributed by atoms with van der Waals surface area (Å²) in [7, 11) is 1.65. The number of morpholine rings is 1. The van der Waals surface area contributed by atoms with Gasteiger partial charge in [0.05, 0.1) is 30.1 Å². The van der Waals surface area contributed by atoms with Gasteiger partial charge in [0.1, 0.15) is 5.75 Å². The van der Waals surface area contributed by atoms with Gasteiger partial charge in [0.15, 0.2) is 0 Å². The number of ether oxygens (including phenoxy) is 2. The summed E-state index contributed by atoms with van der Waals surface area (Å²) in [5.41, 5.74) is 5.89. The van der Waals surface area contributed by atoms with Crippen molar-refractivity contribution in [2.45, 2.75) is 6.92 Å². The van der Waals surface area contributed by atoms with E-state index in [1.165, 1.54) is 5.56 Å². The van der Waals surface area contributed by atoms with E-state index in [4.69, 9.17) is 9.47 Å². The number of hydrazone groups is 1. The highest BCUT2D eigenvalue weighted by molar-refractivity contribution is 14.1. The van der Waals surface area contributed by atoms with Crippen LogP contribution >= 0.6 is 45.2 Å². The maximum Gasteiger partial charge on any atom is 0.250 e. The van der Waals surface area contributed by atoms with Gasteiger partial charge in [-0.3, -0.25) is 0 Å². The monoisotopic (exact) mass is 671 g/mol. The number of nitrogens with zero attached hydrogens (tertiary/aromatic N) is 5. The molecule has 1 aliphatic rings. The van der Waals surface area contributed by atoms with E-state index in [-0.39, 0.29) is 0 Å². The van der Waals surface area contributed by atoms with Crippen LogP contribution in [0.1, 0.15) is 11.1 Å². The third kappa shape index (κ3) is 6.41. The van der Waals surface area contributed by atoms with E-state index < -0.39 is 0 Å². The van der Waals surface area contributed by atoms with Gasteiger partial charge in [0.25, 0.3) is 0 Å². The zero-order valence-electron chi connectivity index (χ0n) is 18.2. The van der Waals surface area contributed by atoms with Crippen LogP contribution in [0.4, 0.5) is 23.5 Å². The minimum atomic E-state index is 0.344. The molecule has 0 unspecified atom stereocenters. The summed E-state index contributed by atoms with van der Waals surface area (Å²) in [6.07, 6.45) is 1.70. The molecule has 0 bridgehead atoms. The van der Waals surface area contributed by atoms with Crippen LogP contribution in [0, 0.1) is 14.1 Å². The Hall–Kier alpha value is -2.26. The number of benzene rings is 2. The molecule has 0 saturated carbocycles. The predicted octanol–water partition coefficient (Wildman–Crippen LogP) is 4.42. The van der Waals surface area contributed by atoms with Crippen LogP contribution in [0.15, 0.2) is 41.5 Å². The molecule has 33 heavy (non-hydrogen) atoms. The summed E-state index contributed by atoms with van der Waals surface area (Å²) in [5.74, 6) is 2.13. The smallest absolute Gasteiger partial charge is 0.250 e. The van der Waals surface area contributed by atoms with Crippen molar-refractivity contribution in [1.29, 1.82) is 0 Å². The van der Waals surface area contributed by atoms with E-state index in [0.29, 0.717) is 31.1 Å². The number of aromatic nitrogens is 3. The number of hydrogen-bond acceptors (Lipinski definition) is 9. The molecule has 1 saturated heterocycles. The van der Waals surface area contributed by atoms with Gasteiger partial charge < -0.3 is 19.7 Å². The SMILES string of the molecule is COc1c(I)cc(I)cc1/C=N\Nc1nc(Nc2ccc(C)cc2)nc(N2CCOCC2)n1. The molecule has 0 aliphatic carbocycles. The average molecular weight is 671 g/mol. The summed E-state index contributed by atoms with van der Waals surface area (Å²) < 4.78 is 13.1. The summed E-state index contributed by atoms with van der Waals surface area (Å²) in [5, 5.41) is 7.62. The first-order valence-electron chi connectivity index (χ1n) is 10.3. The highest BCUT2D eigenvalue weighted by Crippen LogP contribution is 2.27. The third-order valence-electron chi connectivity index (χ3n) is 4.83. The van der Waals surface area contributed by atoms with E-state index in [1.54, 1.807) is 13.3 Å². The first-order chi connectivity index (χ1) is 16.0. The van der Waals surface area contributed by atoms with Crippen molar-refractivity contribution in [1.82, 2.24) is 15.0 Å². The molecule has 2 N–H and O–H groups in total. The van der Waals surface area contributed by atoms with E-state index in [0.717, 1.165) is 37.2 Å². The second-order valence-corrected chi connectivity index (χ2v) is 9.66. The van der Waals surface area contributed by atoms with E-state index >= 15 is 0 Å². The van der Waals surface area contributed by atoms with Gasteiger partial charge in [-0.25, -0.2) is 5.43 Å². The van der Waals surface area contributed by atoms with Crippen LogP contribution in [0.2, 0.25) is 0 Å². The highest BCUT2D eigenvalue weighted by atomic mass is 127. The summed E-state index contributed by atoms with van der Waals surface area (Å²) in [6.45, 7) is 4.76. The Morgan fingerprint density at radius 1 is 1.06 bits per heavy atom. The first-order valence-corrected chi connectivity index (χ1v) is 12.4. The standard InChI is InChI=1S/C22H23I2N7O2/c1-14-3-5-17(6-4-14)26-20-27-21(29-22(28-20)31-7-9-33-10-8-31)30-25-13-15-11-16(23)12-18(24)19(15)32-2/h3-6,11-13H,7-10H2,1-2H3,(H2,26,27,28,29,30)/b25-13-. The molecule has 0 radical (unpaired) electrons. The molecule has 0 amide bonds. The second kappa shape index (κ2) is 11.2. The minimum Gasteiger partial charge on any atom is -0.495 e. The van der Waals surface area contributed by atoms with Crippen LogP contribution in [0.5, 0.6) is 5.75 Å². The first kappa shape index (κ1) is 23.9. The number of nitrogens with one attached hydrogen (secondary N) is 2. The zero-order valence-corrected chi connectivity index (χ0v) is 22.5. The fraction of sp³-hybridized carbons (Fsp3) is 0.273. The van der Waals surface area contributed by atoms with Gasteiger partial charge in [-0.1, -0.05) is 17.7 Å². The Morgan fingerprint density at radius 3 is 2.52 bits per heavy atom. The van der Waals surface area contributed by atoms with Crippen molar-refractivity contribution in [3.8, 4) is 5.75 Å². The lowest BCUT2D eigenvalue weighted by Crippen LogP contribution is -2.37. The van der Waals surface area contributed by atoms with Gasteiger partial charge in [0, 0.05) is 27.9 Å². The van der Waals surface area contributed by atoms with Crippen molar-refractivity contribution < 1.29 is 9.47 Å². The highest BCUT2D eigenvalue weighted by Gasteiger charge is 2.17. The fourth-order valence-electron chi connectivity index (χ4n) is 3.19. The second-order valence-electron chi connectivity index (χ2n) is 7.25. The Morgan fingerprint density at radius 2 is 1.79 bits per heavy atom. The summed E-state index contributed by atoms with van der Waals surface area (Å²) >= 11 is 4.53. The normalized spacial score (nSPS) is 13.9. The number of aryl methyl sites for hydroxylation is 1. The molecule has 9 nitrogen and oxygen atoms in total. The summed E-state index contributed by atoms with van der Waals surface area (Å²) in [6, 6.07) is 12.1. The molecule has 0 atom stereocenters. The molecule has 172 valence electrons. The van der Waals surface area contributed by atoms with Crippen molar-refractivity contribution >= 4 is 74.9 Å². The van der Waals surface area contributed by atoms with Gasteiger partial charge in [-0.05, 0) is 76.4 Å². The van der Waals surface area contributed by atoms with Gasteiger partial charge in [-0.2, -0.15) is 20.1 Å².